The van der Waals surface area contributed by atoms with E-state index in [0.29, 0.717) is 52.4 Å². The first-order valence-electron chi connectivity index (χ1n) is 11.0. The van der Waals surface area contributed by atoms with Crippen LogP contribution in [0.3, 0.4) is 0 Å². The summed E-state index contributed by atoms with van der Waals surface area (Å²) >= 11 is 0. The van der Waals surface area contributed by atoms with E-state index in [1.807, 2.05) is 12.1 Å². The first-order valence-corrected chi connectivity index (χ1v) is 12.8. The van der Waals surface area contributed by atoms with Gasteiger partial charge in [0.15, 0.2) is 0 Å². The number of hydrogen-bond acceptors (Lipinski definition) is 6. The number of rotatable bonds is 7. The lowest BCUT2D eigenvalue weighted by molar-refractivity contribution is 0.0949. The molecule has 0 atom stereocenters. The van der Waals surface area contributed by atoms with Crippen LogP contribution in [-0.4, -0.2) is 51.8 Å². The van der Waals surface area contributed by atoms with Crippen LogP contribution in [0.1, 0.15) is 27.1 Å². The van der Waals surface area contributed by atoms with Gasteiger partial charge in [0.05, 0.1) is 34.6 Å². The van der Waals surface area contributed by atoms with Gasteiger partial charge in [-0.2, -0.15) is 0 Å². The molecule has 0 bridgehead atoms. The zero-order valence-corrected chi connectivity index (χ0v) is 20.1. The molecule has 3 aromatic carbocycles. The van der Waals surface area contributed by atoms with Gasteiger partial charge >= 0.3 is 0 Å². The van der Waals surface area contributed by atoms with Gasteiger partial charge in [0.25, 0.3) is 11.8 Å². The van der Waals surface area contributed by atoms with Gasteiger partial charge in [0, 0.05) is 31.3 Å². The number of aliphatic hydroxyl groups is 1. The van der Waals surface area contributed by atoms with Gasteiger partial charge in [-0.3, -0.25) is 13.9 Å². The first kappa shape index (κ1) is 24.2. The molecule has 4 rings (SSSR count). The van der Waals surface area contributed by atoms with Crippen molar-refractivity contribution in [2.75, 3.05) is 41.4 Å². The van der Waals surface area contributed by atoms with Gasteiger partial charge in [-0.05, 0) is 48.4 Å². The average molecular weight is 495 g/mol. The Morgan fingerprint density at radius 1 is 0.971 bits per heavy atom. The second-order valence-electron chi connectivity index (χ2n) is 8.18. The van der Waals surface area contributed by atoms with Crippen molar-refractivity contribution in [3.05, 3.63) is 71.8 Å². The quantitative estimate of drug-likeness (QED) is 0.374. The number of amides is 2. The molecule has 0 radical (unpaired) electrons. The number of carbonyl (C=O) groups is 2. The van der Waals surface area contributed by atoms with Crippen LogP contribution in [0.2, 0.25) is 0 Å². The maximum absolute atomic E-state index is 12.9. The monoisotopic (exact) mass is 494 g/mol. The molecular formula is C25H26N4O5S. The van der Waals surface area contributed by atoms with Crippen molar-refractivity contribution in [2.45, 2.75) is 6.42 Å². The highest BCUT2D eigenvalue weighted by molar-refractivity contribution is 7.92. The number of para-hydroxylation sites is 1. The molecule has 0 fully saturated rings. The lowest BCUT2D eigenvalue weighted by atomic mass is 10.0. The van der Waals surface area contributed by atoms with Crippen molar-refractivity contribution in [3.63, 3.8) is 0 Å². The van der Waals surface area contributed by atoms with E-state index in [1.165, 1.54) is 11.4 Å². The minimum Gasteiger partial charge on any atom is -0.396 e. The Labute approximate surface area is 203 Å². The lowest BCUT2D eigenvalue weighted by Gasteiger charge is -2.21. The Morgan fingerprint density at radius 2 is 1.74 bits per heavy atom. The lowest BCUT2D eigenvalue weighted by Crippen LogP contribution is -2.25. The van der Waals surface area contributed by atoms with E-state index in [9.17, 15) is 18.0 Å². The molecular weight excluding hydrogens is 468 g/mol. The van der Waals surface area contributed by atoms with Gasteiger partial charge in [0.2, 0.25) is 10.0 Å². The molecule has 0 saturated heterocycles. The summed E-state index contributed by atoms with van der Waals surface area (Å²) in [5.74, 6) is -0.636. The van der Waals surface area contributed by atoms with Crippen LogP contribution in [0.5, 0.6) is 0 Å². The second-order valence-corrected chi connectivity index (χ2v) is 10.2. The van der Waals surface area contributed by atoms with Crippen molar-refractivity contribution in [1.82, 2.24) is 5.32 Å². The second kappa shape index (κ2) is 9.77. The number of sulfonamides is 1. The normalized spacial score (nSPS) is 12.5. The SMILES string of the molecule is CN(c1ccccc1-c1ccc2c(c1)Nc1ccc(C(=O)NCCCO)cc1NC2=O)S(C)(=O)=O. The van der Waals surface area contributed by atoms with Crippen LogP contribution in [-0.2, 0) is 10.0 Å². The third-order valence-corrected chi connectivity index (χ3v) is 6.93. The fourth-order valence-electron chi connectivity index (χ4n) is 3.80. The summed E-state index contributed by atoms with van der Waals surface area (Å²) in [5.41, 5.74) is 4.37. The molecule has 0 saturated carbocycles. The molecule has 0 aromatic heterocycles. The molecule has 4 N–H and O–H groups in total. The minimum absolute atomic E-state index is 0.0142. The van der Waals surface area contributed by atoms with Crippen LogP contribution < -0.4 is 20.3 Å². The fourth-order valence-corrected chi connectivity index (χ4v) is 4.32. The number of nitrogens with one attached hydrogen (secondary N) is 3. The number of anilines is 4. The van der Waals surface area contributed by atoms with Crippen molar-refractivity contribution < 1.29 is 23.1 Å². The summed E-state index contributed by atoms with van der Waals surface area (Å²) in [6, 6.07) is 17.3. The van der Waals surface area contributed by atoms with E-state index in [1.54, 1.807) is 48.5 Å². The predicted octanol–water partition coefficient (Wildman–Crippen LogP) is 3.17. The molecule has 35 heavy (non-hydrogen) atoms. The van der Waals surface area contributed by atoms with Crippen LogP contribution in [0.4, 0.5) is 22.7 Å². The third-order valence-electron chi connectivity index (χ3n) is 5.74. The molecule has 0 unspecified atom stereocenters. The zero-order chi connectivity index (χ0) is 25.2. The van der Waals surface area contributed by atoms with E-state index in [4.69, 9.17) is 5.11 Å². The molecule has 182 valence electrons. The highest BCUT2D eigenvalue weighted by Gasteiger charge is 2.22. The van der Waals surface area contributed by atoms with Crippen LogP contribution in [0.15, 0.2) is 60.7 Å². The minimum atomic E-state index is -3.47. The van der Waals surface area contributed by atoms with E-state index in [-0.39, 0.29) is 18.4 Å². The van der Waals surface area contributed by atoms with Crippen LogP contribution in [0.25, 0.3) is 11.1 Å². The molecule has 1 aliphatic rings. The van der Waals surface area contributed by atoms with Crippen LogP contribution >= 0.6 is 0 Å². The highest BCUT2D eigenvalue weighted by Crippen LogP contribution is 2.37. The fraction of sp³-hybridized carbons (Fsp3) is 0.200. The number of hydrogen-bond donors (Lipinski definition) is 4. The number of fused-ring (bicyclic) bond motifs is 2. The first-order chi connectivity index (χ1) is 16.7. The van der Waals surface area contributed by atoms with E-state index < -0.39 is 10.0 Å². The Hall–Kier alpha value is -3.89. The number of carbonyl (C=O) groups excluding carboxylic acids is 2. The zero-order valence-electron chi connectivity index (χ0n) is 19.3. The van der Waals surface area contributed by atoms with Crippen molar-refractivity contribution in [1.29, 1.82) is 0 Å². The third kappa shape index (κ3) is 5.13. The Morgan fingerprint density at radius 3 is 2.49 bits per heavy atom. The molecule has 1 heterocycles. The predicted molar refractivity (Wildman–Crippen MR) is 137 cm³/mol. The molecule has 0 aliphatic carbocycles. The maximum Gasteiger partial charge on any atom is 0.257 e. The molecule has 10 heteroatoms. The van der Waals surface area contributed by atoms with E-state index in [2.05, 4.69) is 16.0 Å². The van der Waals surface area contributed by atoms with Crippen LogP contribution in [0, 0.1) is 0 Å². The molecule has 9 nitrogen and oxygen atoms in total. The summed E-state index contributed by atoms with van der Waals surface area (Å²) in [6.45, 7) is 0.334. The largest absolute Gasteiger partial charge is 0.396 e. The van der Waals surface area contributed by atoms with Gasteiger partial charge in [0.1, 0.15) is 0 Å². The molecule has 0 spiro atoms. The van der Waals surface area contributed by atoms with Gasteiger partial charge in [-0.1, -0.05) is 24.3 Å². The average Bonchev–Trinajstić information content (AvgIpc) is 2.97. The Bertz CT molecular complexity index is 1400. The summed E-state index contributed by atoms with van der Waals surface area (Å²) in [5, 5.41) is 17.7. The van der Waals surface area contributed by atoms with Crippen molar-refractivity contribution >= 4 is 44.6 Å². The summed E-state index contributed by atoms with van der Waals surface area (Å²) in [7, 11) is -1.97. The Kier molecular flexibility index (Phi) is 6.77. The standard InChI is InChI=1S/C25H26N4O5S/c1-29(35(2,33)34)23-7-4-3-6-18(23)16-8-10-19-21(14-16)27-20-11-9-17(15-22(20)28-25(19)32)24(31)26-12-5-13-30/h3-4,6-11,14-15,27,30H,5,12-13H2,1-2H3,(H,26,31)(H,28,32). The van der Waals surface area contributed by atoms with Gasteiger partial charge in [-0.15, -0.1) is 0 Å². The number of aliphatic hydroxyl groups excluding tert-OH is 1. The summed E-state index contributed by atoms with van der Waals surface area (Å²) < 4.78 is 25.5. The molecule has 3 aromatic rings. The number of benzene rings is 3. The summed E-state index contributed by atoms with van der Waals surface area (Å²) in [4.78, 5) is 25.3. The van der Waals surface area contributed by atoms with Gasteiger partial charge < -0.3 is 21.1 Å². The Balaban J connectivity index is 1.69. The summed E-state index contributed by atoms with van der Waals surface area (Å²) in [6.07, 6.45) is 1.60. The van der Waals surface area contributed by atoms with Crippen molar-refractivity contribution in [3.8, 4) is 11.1 Å². The van der Waals surface area contributed by atoms with Gasteiger partial charge in [-0.25, -0.2) is 8.42 Å². The van der Waals surface area contributed by atoms with E-state index >= 15 is 0 Å². The smallest absolute Gasteiger partial charge is 0.257 e. The van der Waals surface area contributed by atoms with E-state index in [0.717, 1.165) is 11.8 Å². The number of nitrogens with zero attached hydrogens (tertiary/aromatic N) is 1. The highest BCUT2D eigenvalue weighted by atomic mass is 32.2. The molecule has 2 amide bonds. The molecule has 1 aliphatic heterocycles. The van der Waals surface area contributed by atoms with Crippen molar-refractivity contribution in [2.24, 2.45) is 0 Å². The maximum atomic E-state index is 12.9. The topological polar surface area (TPSA) is 128 Å².